The Morgan fingerprint density at radius 3 is 3.06 bits per heavy atom. The minimum Gasteiger partial charge on any atom is -0.377 e. The van der Waals surface area contributed by atoms with Crippen molar-refractivity contribution in [2.75, 3.05) is 5.32 Å². The molecule has 0 fully saturated rings. The lowest BCUT2D eigenvalue weighted by molar-refractivity contribution is 0.627. The molecule has 18 heavy (non-hydrogen) atoms. The van der Waals surface area contributed by atoms with Crippen molar-refractivity contribution < 1.29 is 4.39 Å². The van der Waals surface area contributed by atoms with Crippen molar-refractivity contribution in [3.05, 3.63) is 47.3 Å². The highest BCUT2D eigenvalue weighted by Crippen LogP contribution is 2.20. The van der Waals surface area contributed by atoms with Crippen LogP contribution < -0.4 is 5.32 Å². The van der Waals surface area contributed by atoms with Crippen LogP contribution in [0.15, 0.2) is 30.7 Å². The Labute approximate surface area is 111 Å². The number of nitrogens with zero attached hydrogens (tertiary/aromatic N) is 2. The minimum absolute atomic E-state index is 0.305. The van der Waals surface area contributed by atoms with E-state index in [1.54, 1.807) is 18.6 Å². The van der Waals surface area contributed by atoms with Crippen molar-refractivity contribution in [1.29, 1.82) is 0 Å². The zero-order valence-corrected chi connectivity index (χ0v) is 10.9. The van der Waals surface area contributed by atoms with Crippen LogP contribution in [-0.4, -0.2) is 9.55 Å². The summed E-state index contributed by atoms with van der Waals surface area (Å²) in [5, 5.41) is 3.55. The average Bonchev–Trinajstić information content (AvgIpc) is 2.78. The topological polar surface area (TPSA) is 29.9 Å². The molecule has 0 spiro atoms. The van der Waals surface area contributed by atoms with Crippen molar-refractivity contribution >= 4 is 17.3 Å². The molecule has 2 aromatic rings. The molecule has 0 bridgehead atoms. The van der Waals surface area contributed by atoms with Crippen molar-refractivity contribution in [3.63, 3.8) is 0 Å². The number of rotatable bonds is 5. The first-order valence-electron chi connectivity index (χ1n) is 5.88. The Bertz CT molecular complexity index is 525. The second-order valence-electron chi connectivity index (χ2n) is 4.06. The summed E-state index contributed by atoms with van der Waals surface area (Å²) in [5.74, 6) is -0.305. The highest BCUT2D eigenvalue weighted by molar-refractivity contribution is 6.30. The third-order valence-electron chi connectivity index (χ3n) is 2.65. The van der Waals surface area contributed by atoms with Gasteiger partial charge >= 0.3 is 0 Å². The van der Waals surface area contributed by atoms with Crippen LogP contribution in [0.2, 0.25) is 5.02 Å². The van der Waals surface area contributed by atoms with E-state index in [0.29, 0.717) is 17.3 Å². The van der Waals surface area contributed by atoms with Crippen LogP contribution >= 0.6 is 11.6 Å². The molecule has 96 valence electrons. The molecule has 1 aromatic carbocycles. The minimum atomic E-state index is -0.305. The molecule has 0 atom stereocenters. The molecular weight excluding hydrogens is 253 g/mol. The molecule has 0 unspecified atom stereocenters. The number of hydrogen-bond donors (Lipinski definition) is 1. The van der Waals surface area contributed by atoms with Crippen molar-refractivity contribution in [3.8, 4) is 0 Å². The maximum atomic E-state index is 13.5. The van der Waals surface area contributed by atoms with Crippen molar-refractivity contribution in [2.24, 2.45) is 0 Å². The number of imidazole rings is 1. The van der Waals surface area contributed by atoms with E-state index >= 15 is 0 Å². The number of halogens is 2. The number of aromatic nitrogens is 2. The largest absolute Gasteiger partial charge is 0.377 e. The van der Waals surface area contributed by atoms with Gasteiger partial charge in [0.05, 0.1) is 24.3 Å². The summed E-state index contributed by atoms with van der Waals surface area (Å²) in [7, 11) is 0. The highest BCUT2D eigenvalue weighted by Gasteiger charge is 2.05. The Morgan fingerprint density at radius 2 is 2.28 bits per heavy atom. The first kappa shape index (κ1) is 12.9. The summed E-state index contributed by atoms with van der Waals surface area (Å²) in [6.45, 7) is 3.54. The fourth-order valence-electron chi connectivity index (χ4n) is 1.76. The summed E-state index contributed by atoms with van der Waals surface area (Å²) >= 11 is 5.83. The molecule has 2 rings (SSSR count). The van der Waals surface area contributed by atoms with Crippen molar-refractivity contribution in [1.82, 2.24) is 9.55 Å². The van der Waals surface area contributed by atoms with Gasteiger partial charge in [0.15, 0.2) is 0 Å². The van der Waals surface area contributed by atoms with Gasteiger partial charge in [-0.25, -0.2) is 9.37 Å². The first-order chi connectivity index (χ1) is 8.70. The Balaban J connectivity index is 2.06. The zero-order valence-electron chi connectivity index (χ0n) is 10.2. The molecule has 3 nitrogen and oxygen atoms in total. The monoisotopic (exact) mass is 267 g/mol. The Kier molecular flexibility index (Phi) is 4.20. The van der Waals surface area contributed by atoms with Gasteiger partial charge in [-0.2, -0.15) is 0 Å². The fourth-order valence-corrected chi connectivity index (χ4v) is 1.93. The van der Waals surface area contributed by atoms with Crippen LogP contribution in [-0.2, 0) is 13.1 Å². The van der Waals surface area contributed by atoms with Gasteiger partial charge in [0.1, 0.15) is 5.82 Å². The van der Waals surface area contributed by atoms with Crippen LogP contribution in [0.3, 0.4) is 0 Å². The van der Waals surface area contributed by atoms with E-state index in [4.69, 9.17) is 11.6 Å². The lowest BCUT2D eigenvalue weighted by atomic mass is 10.3. The van der Waals surface area contributed by atoms with Gasteiger partial charge in [0, 0.05) is 17.8 Å². The predicted octanol–water partition coefficient (Wildman–Crippen LogP) is 3.70. The second-order valence-corrected chi connectivity index (χ2v) is 4.49. The van der Waals surface area contributed by atoms with E-state index in [1.807, 2.05) is 0 Å². The predicted molar refractivity (Wildman–Crippen MR) is 71.3 cm³/mol. The SMILES string of the molecule is CCCn1cncc1CNc1cc(Cl)ccc1F. The van der Waals surface area contributed by atoms with Gasteiger partial charge in [-0.1, -0.05) is 18.5 Å². The molecule has 5 heteroatoms. The Hall–Kier alpha value is -1.55. The molecule has 1 aromatic heterocycles. The summed E-state index contributed by atoms with van der Waals surface area (Å²) in [4.78, 5) is 4.10. The van der Waals surface area contributed by atoms with E-state index in [2.05, 4.69) is 21.8 Å². The summed E-state index contributed by atoms with van der Waals surface area (Å²) in [6.07, 6.45) is 4.61. The van der Waals surface area contributed by atoms with Gasteiger partial charge in [-0.3, -0.25) is 0 Å². The molecule has 0 aliphatic heterocycles. The van der Waals surface area contributed by atoms with Crippen molar-refractivity contribution in [2.45, 2.75) is 26.4 Å². The van der Waals surface area contributed by atoms with Gasteiger partial charge in [-0.05, 0) is 24.6 Å². The van der Waals surface area contributed by atoms with Crippen LogP contribution in [0.5, 0.6) is 0 Å². The maximum absolute atomic E-state index is 13.5. The molecule has 0 saturated carbocycles. The Morgan fingerprint density at radius 1 is 1.44 bits per heavy atom. The van der Waals surface area contributed by atoms with Crippen LogP contribution in [0.1, 0.15) is 19.0 Å². The molecule has 1 heterocycles. The third kappa shape index (κ3) is 3.01. The highest BCUT2D eigenvalue weighted by atomic mass is 35.5. The lowest BCUT2D eigenvalue weighted by Gasteiger charge is -2.10. The maximum Gasteiger partial charge on any atom is 0.146 e. The quantitative estimate of drug-likeness (QED) is 0.895. The van der Waals surface area contributed by atoms with E-state index in [0.717, 1.165) is 18.7 Å². The molecule has 0 saturated heterocycles. The molecule has 0 aliphatic rings. The number of anilines is 1. The lowest BCUT2D eigenvalue weighted by Crippen LogP contribution is -2.07. The summed E-state index contributed by atoms with van der Waals surface area (Å²) < 4.78 is 15.6. The van der Waals surface area contributed by atoms with E-state index in [1.165, 1.54) is 12.1 Å². The van der Waals surface area contributed by atoms with Gasteiger partial charge < -0.3 is 9.88 Å². The number of benzene rings is 1. The number of hydrogen-bond acceptors (Lipinski definition) is 2. The average molecular weight is 268 g/mol. The number of aryl methyl sites for hydroxylation is 1. The molecule has 1 N–H and O–H groups in total. The summed E-state index contributed by atoms with van der Waals surface area (Å²) in [5.41, 5.74) is 1.43. The molecule has 0 amide bonds. The van der Waals surface area contributed by atoms with E-state index < -0.39 is 0 Å². The van der Waals surface area contributed by atoms with E-state index in [9.17, 15) is 4.39 Å². The van der Waals surface area contributed by atoms with E-state index in [-0.39, 0.29) is 5.82 Å². The molecular formula is C13H15ClFN3. The second kappa shape index (κ2) is 5.87. The van der Waals surface area contributed by atoms with Gasteiger partial charge in [0.25, 0.3) is 0 Å². The number of nitrogens with one attached hydrogen (secondary N) is 1. The standard InChI is InChI=1S/C13H15ClFN3/c1-2-5-18-9-16-7-11(18)8-17-13-6-10(14)3-4-12(13)15/h3-4,6-7,9,17H,2,5,8H2,1H3. The van der Waals surface area contributed by atoms with Crippen LogP contribution in [0.4, 0.5) is 10.1 Å². The van der Waals surface area contributed by atoms with Crippen LogP contribution in [0.25, 0.3) is 0 Å². The normalized spacial score (nSPS) is 10.6. The van der Waals surface area contributed by atoms with Gasteiger partial charge in [0.2, 0.25) is 0 Å². The first-order valence-corrected chi connectivity index (χ1v) is 6.26. The zero-order chi connectivity index (χ0) is 13.0. The van der Waals surface area contributed by atoms with Gasteiger partial charge in [-0.15, -0.1) is 0 Å². The fraction of sp³-hybridized carbons (Fsp3) is 0.308. The summed E-state index contributed by atoms with van der Waals surface area (Å²) in [6, 6.07) is 4.47. The van der Waals surface area contributed by atoms with Crippen LogP contribution in [0, 0.1) is 5.82 Å². The smallest absolute Gasteiger partial charge is 0.146 e. The molecule has 0 radical (unpaired) electrons. The third-order valence-corrected chi connectivity index (χ3v) is 2.89. The molecule has 0 aliphatic carbocycles.